The van der Waals surface area contributed by atoms with Crippen LogP contribution in [0.3, 0.4) is 0 Å². The number of pyridine rings is 1. The van der Waals surface area contributed by atoms with Gasteiger partial charge in [-0.2, -0.15) is 0 Å². The van der Waals surface area contributed by atoms with Crippen molar-refractivity contribution in [2.45, 2.75) is 50.7 Å². The number of aromatic nitrogens is 1. The highest BCUT2D eigenvalue weighted by atomic mass is 19.1. The normalized spacial score (nSPS) is 36.7. The number of amides is 2. The van der Waals surface area contributed by atoms with Gasteiger partial charge in [0.05, 0.1) is 18.2 Å². The van der Waals surface area contributed by atoms with Gasteiger partial charge in [-0.3, -0.25) is 4.79 Å². The molecule has 1 aromatic heterocycles. The molecule has 162 valence electrons. The number of primary amides is 1. The molecule has 6 rings (SSSR count). The third-order valence-corrected chi connectivity index (χ3v) is 7.40. The summed E-state index contributed by atoms with van der Waals surface area (Å²) in [5.41, 5.74) is 5.30. The molecule has 1 aromatic rings. The number of nitrogens with two attached hydrogens (primary N) is 1. The molecule has 2 heterocycles. The lowest BCUT2D eigenvalue weighted by atomic mass is 9.48. The summed E-state index contributed by atoms with van der Waals surface area (Å²) in [5, 5.41) is 0. The van der Waals surface area contributed by atoms with Crippen LogP contribution in [0.1, 0.15) is 38.5 Å². The molecule has 7 nitrogen and oxygen atoms in total. The van der Waals surface area contributed by atoms with Gasteiger partial charge in [-0.15, -0.1) is 0 Å². The van der Waals surface area contributed by atoms with Crippen molar-refractivity contribution < 1.29 is 27.8 Å². The minimum Gasteiger partial charge on any atom is -0.470 e. The Kier molecular flexibility index (Phi) is 4.59. The monoisotopic (exact) mass is 421 g/mol. The summed E-state index contributed by atoms with van der Waals surface area (Å²) < 4.78 is 38.2. The Morgan fingerprint density at radius 3 is 2.60 bits per heavy atom. The molecular weight excluding hydrogens is 396 g/mol. The van der Waals surface area contributed by atoms with Crippen LogP contribution in [0.5, 0.6) is 5.88 Å². The molecule has 3 atom stereocenters. The number of carbonyl (C=O) groups is 2. The fraction of sp³-hybridized carbons (Fsp3) is 0.667. The van der Waals surface area contributed by atoms with Gasteiger partial charge in [0.1, 0.15) is 18.0 Å². The first-order chi connectivity index (χ1) is 14.3. The second kappa shape index (κ2) is 7.06. The summed E-state index contributed by atoms with van der Waals surface area (Å²) in [6.45, 7) is 0.690. The van der Waals surface area contributed by atoms with Gasteiger partial charge in [0.25, 0.3) is 5.88 Å². The third kappa shape index (κ3) is 3.28. The quantitative estimate of drug-likeness (QED) is 0.807. The van der Waals surface area contributed by atoms with E-state index >= 15 is 0 Å². The summed E-state index contributed by atoms with van der Waals surface area (Å²) in [6, 6.07) is 0.717. The zero-order valence-electron chi connectivity index (χ0n) is 16.6. The minimum atomic E-state index is -0.868. The zero-order chi connectivity index (χ0) is 21.0. The van der Waals surface area contributed by atoms with E-state index in [0.29, 0.717) is 37.8 Å². The van der Waals surface area contributed by atoms with Crippen LogP contribution in [0, 0.1) is 34.8 Å². The highest BCUT2D eigenvalue weighted by Gasteiger charge is 2.59. The highest BCUT2D eigenvalue weighted by Crippen LogP contribution is 2.60. The lowest BCUT2D eigenvalue weighted by Crippen LogP contribution is -2.59. The van der Waals surface area contributed by atoms with E-state index in [9.17, 15) is 18.4 Å². The van der Waals surface area contributed by atoms with Gasteiger partial charge < -0.3 is 20.1 Å². The highest BCUT2D eigenvalue weighted by molar-refractivity contribution is 5.81. The molecule has 4 saturated carbocycles. The first-order valence-electron chi connectivity index (χ1n) is 10.6. The van der Waals surface area contributed by atoms with Crippen LogP contribution in [-0.4, -0.2) is 47.2 Å². The van der Waals surface area contributed by atoms with E-state index in [-0.39, 0.29) is 36.3 Å². The van der Waals surface area contributed by atoms with E-state index in [4.69, 9.17) is 15.2 Å². The van der Waals surface area contributed by atoms with Crippen molar-refractivity contribution in [3.05, 3.63) is 23.9 Å². The Morgan fingerprint density at radius 2 is 1.93 bits per heavy atom. The maximum absolute atomic E-state index is 13.8. The summed E-state index contributed by atoms with van der Waals surface area (Å²) in [7, 11) is 0. The number of ether oxygens (including phenoxy) is 2. The molecule has 0 radical (unpaired) electrons. The topological polar surface area (TPSA) is 94.8 Å². The van der Waals surface area contributed by atoms with Crippen molar-refractivity contribution in [2.75, 3.05) is 13.1 Å². The van der Waals surface area contributed by atoms with Crippen molar-refractivity contribution in [1.29, 1.82) is 0 Å². The molecule has 4 aliphatic carbocycles. The molecule has 4 bridgehead atoms. The van der Waals surface area contributed by atoms with Crippen LogP contribution < -0.4 is 10.5 Å². The summed E-state index contributed by atoms with van der Waals surface area (Å²) >= 11 is 0. The number of hydrogen-bond acceptors (Lipinski definition) is 5. The summed E-state index contributed by atoms with van der Waals surface area (Å²) in [5.74, 6) is -1.27. The first-order valence-corrected chi connectivity index (χ1v) is 10.6. The van der Waals surface area contributed by atoms with Crippen LogP contribution in [0.4, 0.5) is 13.6 Å². The largest absolute Gasteiger partial charge is 0.470 e. The van der Waals surface area contributed by atoms with Gasteiger partial charge in [-0.05, 0) is 49.9 Å². The summed E-state index contributed by atoms with van der Waals surface area (Å²) in [6.07, 6.45) is 4.62. The van der Waals surface area contributed by atoms with Crippen molar-refractivity contribution in [1.82, 2.24) is 9.88 Å². The van der Waals surface area contributed by atoms with Crippen LogP contribution in [-0.2, 0) is 9.53 Å². The Labute approximate surface area is 172 Å². The Hall–Kier alpha value is -2.45. The average Bonchev–Trinajstić information content (AvgIpc) is 3.15. The third-order valence-electron chi connectivity index (χ3n) is 7.40. The number of carbonyl (C=O) groups excluding carboxylic acids is 2. The van der Waals surface area contributed by atoms with Gasteiger partial charge in [-0.1, -0.05) is 0 Å². The second-order valence-electron chi connectivity index (χ2n) is 9.38. The zero-order valence-corrected chi connectivity index (χ0v) is 16.6. The van der Waals surface area contributed by atoms with E-state index in [1.807, 2.05) is 0 Å². The molecule has 0 aromatic carbocycles. The predicted octanol–water partition coefficient (Wildman–Crippen LogP) is 2.63. The number of halogens is 2. The van der Waals surface area contributed by atoms with Crippen LogP contribution >= 0.6 is 0 Å². The Balaban J connectivity index is 1.19. The standard InChI is InChI=1S/C21H25F2N3O4/c22-14-5-16(23)18(25-9-14)29-15-1-2-26(10-15)20(28)30-17-12-3-11-4-13(17)8-21(6-11,7-12)19(24)27/h5,9,11-13,15,17H,1-4,6-8,10H2,(H2,24,27)/t11?,12?,13?,15-,17-,21-/m1/s1. The molecule has 1 aliphatic heterocycles. The van der Waals surface area contributed by atoms with Gasteiger partial charge in [0.2, 0.25) is 5.91 Å². The molecule has 9 heteroatoms. The molecule has 1 saturated heterocycles. The van der Waals surface area contributed by atoms with Gasteiger partial charge in [-0.25, -0.2) is 18.6 Å². The second-order valence-corrected chi connectivity index (χ2v) is 9.38. The van der Waals surface area contributed by atoms with Crippen molar-refractivity contribution >= 4 is 12.0 Å². The van der Waals surface area contributed by atoms with E-state index in [1.165, 1.54) is 0 Å². The molecule has 5 fully saturated rings. The molecular formula is C21H25F2N3O4. The first kappa shape index (κ1) is 19.5. The van der Waals surface area contributed by atoms with Crippen molar-refractivity contribution in [3.63, 3.8) is 0 Å². The van der Waals surface area contributed by atoms with Crippen LogP contribution in [0.15, 0.2) is 12.3 Å². The fourth-order valence-corrected chi connectivity index (χ4v) is 6.30. The SMILES string of the molecule is NC(=O)[C@]12CC3CC(C1)[C@@H](OC(=O)N1CC[C@@H](Oc4ncc(F)cc4F)C1)C(C3)C2. The van der Waals surface area contributed by atoms with Crippen molar-refractivity contribution in [3.8, 4) is 5.88 Å². The number of hydrogen-bond donors (Lipinski definition) is 1. The van der Waals surface area contributed by atoms with Gasteiger partial charge in [0.15, 0.2) is 5.82 Å². The maximum atomic E-state index is 13.8. The Morgan fingerprint density at radius 1 is 1.20 bits per heavy atom. The molecule has 2 unspecified atom stereocenters. The van der Waals surface area contributed by atoms with E-state index < -0.39 is 29.2 Å². The molecule has 2 amide bonds. The number of rotatable bonds is 4. The number of nitrogens with zero attached hydrogens (tertiary/aromatic N) is 2. The lowest BCUT2D eigenvalue weighted by molar-refractivity contribution is -0.161. The van der Waals surface area contributed by atoms with Gasteiger partial charge in [0, 0.05) is 19.0 Å². The average molecular weight is 421 g/mol. The van der Waals surface area contributed by atoms with E-state index in [1.54, 1.807) is 4.90 Å². The number of likely N-dealkylation sites (tertiary alicyclic amines) is 1. The Bertz CT molecular complexity index is 866. The molecule has 0 spiro atoms. The predicted molar refractivity (Wildman–Crippen MR) is 100 cm³/mol. The molecule has 2 N–H and O–H groups in total. The summed E-state index contributed by atoms with van der Waals surface area (Å²) in [4.78, 5) is 30.0. The molecule has 5 aliphatic rings. The molecule has 30 heavy (non-hydrogen) atoms. The van der Waals surface area contributed by atoms with Crippen LogP contribution in [0.2, 0.25) is 0 Å². The van der Waals surface area contributed by atoms with E-state index in [0.717, 1.165) is 25.5 Å². The van der Waals surface area contributed by atoms with E-state index in [2.05, 4.69) is 4.98 Å². The fourth-order valence-electron chi connectivity index (χ4n) is 6.30. The smallest absolute Gasteiger partial charge is 0.410 e. The van der Waals surface area contributed by atoms with Crippen molar-refractivity contribution in [2.24, 2.45) is 28.9 Å². The van der Waals surface area contributed by atoms with Crippen LogP contribution in [0.25, 0.3) is 0 Å². The maximum Gasteiger partial charge on any atom is 0.410 e. The van der Waals surface area contributed by atoms with Gasteiger partial charge >= 0.3 is 6.09 Å². The lowest BCUT2D eigenvalue weighted by Gasteiger charge is -2.58. The minimum absolute atomic E-state index is 0.180.